The predicted molar refractivity (Wildman–Crippen MR) is 244 cm³/mol. The Bertz CT molecular complexity index is 3290. The van der Waals surface area contributed by atoms with Crippen molar-refractivity contribution >= 4 is 65.0 Å². The first-order valence-corrected chi connectivity index (χ1v) is 20.9. The largest absolute Gasteiger partial charge is 0.0767 e. The molecule has 0 nitrogen and oxygen atoms in total. The van der Waals surface area contributed by atoms with Crippen molar-refractivity contribution in [3.63, 3.8) is 0 Å². The molecule has 0 amide bonds. The lowest BCUT2D eigenvalue weighted by atomic mass is 9.66. The van der Waals surface area contributed by atoms with Gasteiger partial charge < -0.3 is 0 Å². The summed E-state index contributed by atoms with van der Waals surface area (Å²) in [6, 6.07) is 51.7. The average molecular weight is 725 g/mol. The smallest absolute Gasteiger partial charge is 0.0210 e. The fraction of sp³-hybridized carbons (Fsp3) is 0.123. The molecule has 0 spiro atoms. The van der Waals surface area contributed by atoms with Crippen molar-refractivity contribution in [2.75, 3.05) is 0 Å². The van der Waals surface area contributed by atoms with Gasteiger partial charge in [-0.25, -0.2) is 0 Å². The van der Waals surface area contributed by atoms with Crippen LogP contribution in [-0.4, -0.2) is 0 Å². The molecule has 0 radical (unpaired) electrons. The molecule has 9 aromatic rings. The van der Waals surface area contributed by atoms with Gasteiger partial charge in [-0.2, -0.15) is 0 Å². The van der Waals surface area contributed by atoms with E-state index in [2.05, 4.69) is 184 Å². The molecule has 268 valence electrons. The van der Waals surface area contributed by atoms with Crippen LogP contribution in [0.2, 0.25) is 0 Å². The van der Waals surface area contributed by atoms with Crippen molar-refractivity contribution < 1.29 is 0 Å². The molecular formula is C57H40. The molecule has 13 rings (SSSR count). The zero-order valence-electron chi connectivity index (χ0n) is 32.2. The van der Waals surface area contributed by atoms with Gasteiger partial charge in [-0.1, -0.05) is 172 Å². The van der Waals surface area contributed by atoms with Crippen LogP contribution in [0.25, 0.3) is 98.4 Å². The first kappa shape index (κ1) is 31.7. The van der Waals surface area contributed by atoms with Gasteiger partial charge in [-0.05, 0) is 146 Å². The van der Waals surface area contributed by atoms with E-state index >= 15 is 0 Å². The van der Waals surface area contributed by atoms with E-state index in [1.54, 1.807) is 0 Å². The van der Waals surface area contributed by atoms with E-state index in [1.807, 2.05) is 0 Å². The second-order valence-electron chi connectivity index (χ2n) is 16.9. The number of hydrogen-bond acceptors (Lipinski definition) is 0. The van der Waals surface area contributed by atoms with Gasteiger partial charge >= 0.3 is 0 Å². The molecule has 57 heavy (non-hydrogen) atoms. The highest BCUT2D eigenvalue weighted by molar-refractivity contribution is 6.34. The first-order valence-electron chi connectivity index (χ1n) is 20.9. The molecule has 0 heteroatoms. The number of allylic oxidation sites excluding steroid dienone is 8. The topological polar surface area (TPSA) is 0 Å². The van der Waals surface area contributed by atoms with E-state index in [9.17, 15) is 0 Å². The Morgan fingerprint density at radius 2 is 0.895 bits per heavy atom. The molecule has 0 saturated heterocycles. The summed E-state index contributed by atoms with van der Waals surface area (Å²) in [5, 5.41) is 13.5. The Balaban J connectivity index is 0.974. The van der Waals surface area contributed by atoms with Crippen molar-refractivity contribution in [2.24, 2.45) is 11.8 Å². The summed E-state index contributed by atoms with van der Waals surface area (Å²) < 4.78 is 0. The molecule has 4 aliphatic carbocycles. The number of rotatable bonds is 4. The Labute approximate surface area is 333 Å². The molecule has 9 aromatic carbocycles. The van der Waals surface area contributed by atoms with E-state index in [-0.39, 0.29) is 5.41 Å². The van der Waals surface area contributed by atoms with Crippen molar-refractivity contribution in [1.29, 1.82) is 0 Å². The summed E-state index contributed by atoms with van der Waals surface area (Å²) in [5.41, 5.74) is 16.6. The Kier molecular flexibility index (Phi) is 6.28. The fourth-order valence-corrected chi connectivity index (χ4v) is 12.0. The minimum Gasteiger partial charge on any atom is -0.0767 e. The monoisotopic (exact) mass is 724 g/mol. The second-order valence-corrected chi connectivity index (χ2v) is 16.9. The highest BCUT2D eigenvalue weighted by Crippen LogP contribution is 2.57. The Morgan fingerprint density at radius 3 is 1.53 bits per heavy atom. The zero-order chi connectivity index (χ0) is 37.6. The molecule has 0 N–H and O–H groups in total. The molecule has 4 aliphatic rings. The highest BCUT2D eigenvalue weighted by Gasteiger charge is 2.41. The van der Waals surface area contributed by atoms with E-state index in [1.165, 1.54) is 121 Å². The molecule has 0 aliphatic heterocycles. The highest BCUT2D eigenvalue weighted by atomic mass is 14.4. The van der Waals surface area contributed by atoms with Gasteiger partial charge in [0.15, 0.2) is 0 Å². The van der Waals surface area contributed by atoms with Crippen LogP contribution in [-0.2, 0) is 5.41 Å². The van der Waals surface area contributed by atoms with E-state index in [0.29, 0.717) is 11.8 Å². The lowest BCUT2D eigenvalue weighted by molar-refractivity contribution is 0.491. The summed E-state index contributed by atoms with van der Waals surface area (Å²) in [6.07, 6.45) is 16.1. The maximum absolute atomic E-state index is 2.56. The number of benzene rings is 9. The maximum Gasteiger partial charge on any atom is 0.0210 e. The third kappa shape index (κ3) is 3.98. The van der Waals surface area contributed by atoms with Crippen LogP contribution in [0, 0.1) is 11.8 Å². The van der Waals surface area contributed by atoms with E-state index in [0.717, 1.165) is 12.8 Å². The van der Waals surface area contributed by atoms with Crippen LogP contribution >= 0.6 is 0 Å². The van der Waals surface area contributed by atoms with E-state index < -0.39 is 0 Å². The van der Waals surface area contributed by atoms with Gasteiger partial charge in [0.2, 0.25) is 0 Å². The van der Waals surface area contributed by atoms with Crippen LogP contribution in [0.15, 0.2) is 170 Å². The molecule has 0 fully saturated rings. The molecule has 0 aromatic heterocycles. The van der Waals surface area contributed by atoms with E-state index in [4.69, 9.17) is 0 Å². The van der Waals surface area contributed by atoms with Gasteiger partial charge in [0.1, 0.15) is 0 Å². The molecule has 2 unspecified atom stereocenters. The quantitative estimate of drug-likeness (QED) is 0.125. The molecule has 0 saturated carbocycles. The molecule has 0 bridgehead atoms. The van der Waals surface area contributed by atoms with Gasteiger partial charge in [-0.3, -0.25) is 0 Å². The summed E-state index contributed by atoms with van der Waals surface area (Å²) in [6.45, 7) is 4.79. The molecule has 0 heterocycles. The average Bonchev–Trinajstić information content (AvgIpc) is 3.55. The van der Waals surface area contributed by atoms with Gasteiger partial charge in [0.05, 0.1) is 0 Å². The predicted octanol–water partition coefficient (Wildman–Crippen LogP) is 15.5. The minimum absolute atomic E-state index is 0.0648. The second kappa shape index (κ2) is 11.3. The Morgan fingerprint density at radius 1 is 0.421 bits per heavy atom. The Hall–Kier alpha value is -6.50. The van der Waals surface area contributed by atoms with Crippen LogP contribution in [0.5, 0.6) is 0 Å². The summed E-state index contributed by atoms with van der Waals surface area (Å²) >= 11 is 0. The molecular weight excluding hydrogens is 685 g/mol. The van der Waals surface area contributed by atoms with Crippen LogP contribution in [0.3, 0.4) is 0 Å². The standard InChI is InChI=1S/C57H40/c1-3-57(4-2)51-31-35(37-27-29-49-45-17-7-13-33-11-5-15-43(53(33)45)47-21-9-19-41(37)55(47)49)23-25-39(51)40-26-24-36(32-52(40)57)38-28-30-50-46-18-8-14-34-12-6-16-44(54(34)46)48-22-10-20-42(38)56(48)50/h5-33,53H,3-4H2,1-2H3. The van der Waals surface area contributed by atoms with Gasteiger partial charge in [0, 0.05) is 17.3 Å². The summed E-state index contributed by atoms with van der Waals surface area (Å²) in [4.78, 5) is 0. The third-order valence-corrected chi connectivity index (χ3v) is 14.7. The SMILES string of the molecule is CCC1(CC)c2cc(-c3ccc4c5c(cccc35)C3=CC=CC5C=CC=C4C35)ccc2-c2ccc(-c3ccc4c5cccc6cccc(c7cccc3c74)c65)cc21. The fourth-order valence-electron chi connectivity index (χ4n) is 12.0. The van der Waals surface area contributed by atoms with Crippen LogP contribution in [0.4, 0.5) is 0 Å². The summed E-state index contributed by atoms with van der Waals surface area (Å²) in [5.74, 6) is 0.834. The van der Waals surface area contributed by atoms with Crippen molar-refractivity contribution in [2.45, 2.75) is 32.1 Å². The lowest BCUT2D eigenvalue weighted by Crippen LogP contribution is -2.23. The van der Waals surface area contributed by atoms with Gasteiger partial charge in [-0.15, -0.1) is 0 Å². The molecule has 2 atom stereocenters. The lowest BCUT2D eigenvalue weighted by Gasteiger charge is -2.37. The minimum atomic E-state index is -0.0648. The normalized spacial score (nSPS) is 18.4. The summed E-state index contributed by atoms with van der Waals surface area (Å²) in [7, 11) is 0. The zero-order valence-corrected chi connectivity index (χ0v) is 32.2. The van der Waals surface area contributed by atoms with Crippen molar-refractivity contribution in [1.82, 2.24) is 0 Å². The van der Waals surface area contributed by atoms with Crippen LogP contribution < -0.4 is 0 Å². The van der Waals surface area contributed by atoms with Crippen molar-refractivity contribution in [3.8, 4) is 33.4 Å². The first-order chi connectivity index (χ1) is 28.2. The maximum atomic E-state index is 2.56. The third-order valence-electron chi connectivity index (χ3n) is 14.7. The van der Waals surface area contributed by atoms with Crippen LogP contribution in [0.1, 0.15) is 48.9 Å². The van der Waals surface area contributed by atoms with Gasteiger partial charge in [0.25, 0.3) is 0 Å². The number of hydrogen-bond donors (Lipinski definition) is 0. The number of fused-ring (bicyclic) bond motifs is 7. The van der Waals surface area contributed by atoms with Crippen molar-refractivity contribution in [3.05, 3.63) is 192 Å².